The van der Waals surface area contributed by atoms with E-state index in [1.54, 1.807) is 38.6 Å². The van der Waals surface area contributed by atoms with Crippen molar-refractivity contribution in [1.29, 1.82) is 0 Å². The molecular weight excluding hydrogens is 364 g/mol. The van der Waals surface area contributed by atoms with Gasteiger partial charge in [0.25, 0.3) is 5.91 Å². The average molecular weight is 388 g/mol. The minimum atomic E-state index is -0.997. The number of hydrogen-bond acceptors (Lipinski definition) is 6. The molecule has 28 heavy (non-hydrogen) atoms. The molecule has 0 aliphatic carbocycles. The molecule has 0 unspecified atom stereocenters. The number of ether oxygens (including phenoxy) is 3. The molecule has 1 heterocycles. The zero-order valence-corrected chi connectivity index (χ0v) is 16.6. The normalized spacial score (nSPS) is 11.5. The third-order valence-corrected chi connectivity index (χ3v) is 4.19. The van der Waals surface area contributed by atoms with Crippen molar-refractivity contribution in [3.05, 3.63) is 47.3 Å². The van der Waals surface area contributed by atoms with E-state index in [9.17, 15) is 14.4 Å². The Hall–Kier alpha value is -3.29. The highest BCUT2D eigenvalue weighted by Crippen LogP contribution is 2.27. The number of aromatic nitrogens is 1. The number of carbonyl (C=O) groups excluding carboxylic acids is 3. The second-order valence-corrected chi connectivity index (χ2v) is 6.24. The average Bonchev–Trinajstić information content (AvgIpc) is 3.07. The van der Waals surface area contributed by atoms with Crippen LogP contribution in [0.4, 0.5) is 0 Å². The van der Waals surface area contributed by atoms with Gasteiger partial charge in [-0.05, 0) is 37.6 Å². The van der Waals surface area contributed by atoms with Gasteiger partial charge >= 0.3 is 5.97 Å². The molecule has 8 nitrogen and oxygen atoms in total. The zero-order chi connectivity index (χ0) is 20.8. The van der Waals surface area contributed by atoms with Crippen LogP contribution >= 0.6 is 0 Å². The number of Topliss-reactive ketones (excluding diaryl/α,β-unsaturated/α-hetero) is 1. The smallest absolute Gasteiger partial charge is 0.355 e. The largest absolute Gasteiger partial charge is 0.493 e. The third kappa shape index (κ3) is 4.91. The minimum Gasteiger partial charge on any atom is -0.493 e. The molecule has 1 aromatic heterocycles. The highest BCUT2D eigenvalue weighted by Gasteiger charge is 2.21. The van der Waals surface area contributed by atoms with Crippen molar-refractivity contribution < 1.29 is 28.6 Å². The second kappa shape index (κ2) is 9.07. The van der Waals surface area contributed by atoms with Crippen LogP contribution in [-0.2, 0) is 23.1 Å². The van der Waals surface area contributed by atoms with Crippen molar-refractivity contribution in [2.45, 2.75) is 26.5 Å². The lowest BCUT2D eigenvalue weighted by molar-refractivity contribution is -0.129. The van der Waals surface area contributed by atoms with Crippen molar-refractivity contribution in [2.75, 3.05) is 14.2 Å². The van der Waals surface area contributed by atoms with Gasteiger partial charge in [0, 0.05) is 25.4 Å². The number of nitrogens with one attached hydrogen (secondary N) is 1. The molecule has 1 aromatic carbocycles. The van der Waals surface area contributed by atoms with Crippen LogP contribution in [0.2, 0.25) is 0 Å². The number of benzene rings is 1. The van der Waals surface area contributed by atoms with Gasteiger partial charge in [-0.3, -0.25) is 9.59 Å². The highest BCUT2D eigenvalue weighted by atomic mass is 16.5. The number of carbonyl (C=O) groups is 3. The third-order valence-electron chi connectivity index (χ3n) is 4.19. The molecule has 150 valence electrons. The number of hydrogen-bond donors (Lipinski definition) is 1. The Morgan fingerprint density at radius 2 is 1.79 bits per heavy atom. The predicted molar refractivity (Wildman–Crippen MR) is 102 cm³/mol. The van der Waals surface area contributed by atoms with Crippen molar-refractivity contribution in [2.24, 2.45) is 7.05 Å². The number of methoxy groups -OCH3 is 2. The van der Waals surface area contributed by atoms with Crippen LogP contribution in [0.15, 0.2) is 30.5 Å². The van der Waals surface area contributed by atoms with Gasteiger partial charge in [0.15, 0.2) is 23.4 Å². The number of rotatable bonds is 8. The van der Waals surface area contributed by atoms with E-state index in [1.165, 1.54) is 31.6 Å². The summed E-state index contributed by atoms with van der Waals surface area (Å²) in [6.07, 6.45) is 0.545. The second-order valence-electron chi connectivity index (χ2n) is 6.24. The Balaban J connectivity index is 1.96. The summed E-state index contributed by atoms with van der Waals surface area (Å²) in [5, 5.41) is 2.71. The fourth-order valence-electron chi connectivity index (χ4n) is 2.56. The van der Waals surface area contributed by atoms with Gasteiger partial charge in [-0.1, -0.05) is 6.07 Å². The Labute approximate surface area is 163 Å². The number of ketones is 1. The topological polar surface area (TPSA) is 95.9 Å². The van der Waals surface area contributed by atoms with Crippen molar-refractivity contribution in [1.82, 2.24) is 9.88 Å². The summed E-state index contributed by atoms with van der Waals surface area (Å²) in [5.41, 5.74) is 1.41. The van der Waals surface area contributed by atoms with Gasteiger partial charge < -0.3 is 24.1 Å². The summed E-state index contributed by atoms with van der Waals surface area (Å²) in [6.45, 7) is 3.13. The van der Waals surface area contributed by atoms with Crippen LogP contribution in [-0.4, -0.2) is 42.6 Å². The first kappa shape index (κ1) is 21.0. The predicted octanol–water partition coefficient (Wildman–Crippen LogP) is 2.11. The van der Waals surface area contributed by atoms with Crippen LogP contribution in [0.5, 0.6) is 11.5 Å². The van der Waals surface area contributed by atoms with E-state index in [4.69, 9.17) is 14.2 Å². The maximum atomic E-state index is 12.3. The van der Waals surface area contributed by atoms with Crippen LogP contribution < -0.4 is 14.8 Å². The zero-order valence-electron chi connectivity index (χ0n) is 16.6. The molecule has 1 amide bonds. The lowest BCUT2D eigenvalue weighted by atomic mass is 10.2. The SMILES string of the molecule is COc1ccc(CNC(=O)[C@@H](C)OC(=O)c2cc(C(C)=O)cn2C)cc1OC. The number of amides is 1. The lowest BCUT2D eigenvalue weighted by Gasteiger charge is -2.14. The van der Waals surface area contributed by atoms with Crippen LogP contribution in [0.1, 0.15) is 40.3 Å². The van der Waals surface area contributed by atoms with E-state index in [0.717, 1.165) is 5.56 Å². The van der Waals surface area contributed by atoms with Gasteiger partial charge in [-0.15, -0.1) is 0 Å². The highest BCUT2D eigenvalue weighted by molar-refractivity contribution is 5.98. The van der Waals surface area contributed by atoms with Gasteiger partial charge in [-0.25, -0.2) is 4.79 Å². The van der Waals surface area contributed by atoms with E-state index in [-0.39, 0.29) is 18.0 Å². The molecule has 2 aromatic rings. The lowest BCUT2D eigenvalue weighted by Crippen LogP contribution is -2.35. The van der Waals surface area contributed by atoms with Crippen LogP contribution in [0.25, 0.3) is 0 Å². The summed E-state index contributed by atoms with van der Waals surface area (Å²) in [5.74, 6) is -0.130. The summed E-state index contributed by atoms with van der Waals surface area (Å²) in [6, 6.07) is 6.74. The summed E-state index contributed by atoms with van der Waals surface area (Å²) in [4.78, 5) is 36.0. The van der Waals surface area contributed by atoms with E-state index < -0.39 is 18.0 Å². The van der Waals surface area contributed by atoms with Crippen molar-refractivity contribution >= 4 is 17.7 Å². The molecule has 1 atom stereocenters. The first-order chi connectivity index (χ1) is 13.3. The summed E-state index contributed by atoms with van der Waals surface area (Å²) >= 11 is 0. The minimum absolute atomic E-state index is 0.157. The Kier molecular flexibility index (Phi) is 6.81. The summed E-state index contributed by atoms with van der Waals surface area (Å²) < 4.78 is 17.1. The van der Waals surface area contributed by atoms with Crippen LogP contribution in [0.3, 0.4) is 0 Å². The molecule has 0 aliphatic rings. The Morgan fingerprint density at radius 1 is 1.11 bits per heavy atom. The molecule has 0 radical (unpaired) electrons. The Morgan fingerprint density at radius 3 is 2.36 bits per heavy atom. The van der Waals surface area contributed by atoms with E-state index >= 15 is 0 Å². The van der Waals surface area contributed by atoms with Crippen LogP contribution in [0, 0.1) is 0 Å². The first-order valence-corrected chi connectivity index (χ1v) is 8.63. The molecule has 0 saturated carbocycles. The maximum Gasteiger partial charge on any atom is 0.355 e. The number of nitrogens with zero attached hydrogens (tertiary/aromatic N) is 1. The standard InChI is InChI=1S/C20H24N2O6/c1-12(23)15-9-16(22(3)11-15)20(25)28-13(2)19(24)21-10-14-6-7-17(26-4)18(8-14)27-5/h6-9,11,13H,10H2,1-5H3,(H,21,24)/t13-/m1/s1. The quantitative estimate of drug-likeness (QED) is 0.550. The molecule has 2 rings (SSSR count). The number of esters is 1. The Bertz CT molecular complexity index is 887. The molecule has 0 bridgehead atoms. The molecule has 8 heteroatoms. The van der Waals surface area contributed by atoms with Gasteiger partial charge in [0.2, 0.25) is 0 Å². The molecule has 0 aliphatic heterocycles. The van der Waals surface area contributed by atoms with Gasteiger partial charge in [0.1, 0.15) is 5.69 Å². The molecule has 0 spiro atoms. The number of aryl methyl sites for hydroxylation is 1. The fourth-order valence-corrected chi connectivity index (χ4v) is 2.56. The van der Waals surface area contributed by atoms with E-state index in [2.05, 4.69) is 5.32 Å². The van der Waals surface area contributed by atoms with Gasteiger partial charge in [-0.2, -0.15) is 0 Å². The van der Waals surface area contributed by atoms with Crippen molar-refractivity contribution in [3.8, 4) is 11.5 Å². The molecular formula is C20H24N2O6. The molecule has 1 N–H and O–H groups in total. The monoisotopic (exact) mass is 388 g/mol. The molecule has 0 fully saturated rings. The van der Waals surface area contributed by atoms with Crippen molar-refractivity contribution in [3.63, 3.8) is 0 Å². The van der Waals surface area contributed by atoms with E-state index in [0.29, 0.717) is 17.1 Å². The first-order valence-electron chi connectivity index (χ1n) is 8.63. The molecule has 0 saturated heterocycles. The fraction of sp³-hybridized carbons (Fsp3) is 0.350. The maximum absolute atomic E-state index is 12.3. The van der Waals surface area contributed by atoms with E-state index in [1.807, 2.05) is 0 Å². The van der Waals surface area contributed by atoms with Gasteiger partial charge in [0.05, 0.1) is 14.2 Å². The summed E-state index contributed by atoms with van der Waals surface area (Å²) in [7, 11) is 4.70.